The summed E-state index contributed by atoms with van der Waals surface area (Å²) in [6, 6.07) is 2.67. The van der Waals surface area contributed by atoms with E-state index in [2.05, 4.69) is 53.7 Å². The summed E-state index contributed by atoms with van der Waals surface area (Å²) < 4.78 is 2.34. The fourth-order valence-corrected chi connectivity index (χ4v) is 4.58. The Kier molecular flexibility index (Phi) is 4.36. The molecule has 126 valence electrons. The van der Waals surface area contributed by atoms with Gasteiger partial charge in [0.1, 0.15) is 12.0 Å². The summed E-state index contributed by atoms with van der Waals surface area (Å²) in [4.78, 5) is 19.1. The molecule has 0 amide bonds. The molecule has 0 aliphatic heterocycles. The van der Waals surface area contributed by atoms with Crippen LogP contribution in [-0.4, -0.2) is 27.6 Å². The van der Waals surface area contributed by atoms with Crippen LogP contribution in [0.1, 0.15) is 52.0 Å². The van der Waals surface area contributed by atoms with E-state index in [0.29, 0.717) is 6.04 Å². The standard InChI is InChI=1S/C18H29N3OSi/c1-18(2,23(3,4)22)11-14-5-7-16(8-6-14)21-10-9-15-12-19-13-20-17(15)21/h9-10,12-14,16,22H,5-8,11H2,1-4H3/t14-,16-. The van der Waals surface area contributed by atoms with Crippen LogP contribution in [0.25, 0.3) is 11.0 Å². The molecule has 4 nitrogen and oxygen atoms in total. The number of fused-ring (bicyclic) bond motifs is 1. The van der Waals surface area contributed by atoms with E-state index < -0.39 is 8.32 Å². The third-order valence-electron chi connectivity index (χ3n) is 6.04. The Morgan fingerprint density at radius 1 is 1.26 bits per heavy atom. The molecule has 2 aromatic rings. The lowest BCUT2D eigenvalue weighted by molar-refractivity contribution is 0.244. The van der Waals surface area contributed by atoms with Crippen molar-refractivity contribution in [1.82, 2.24) is 14.5 Å². The van der Waals surface area contributed by atoms with Crippen molar-refractivity contribution in [2.24, 2.45) is 5.92 Å². The van der Waals surface area contributed by atoms with Gasteiger partial charge in [-0.25, -0.2) is 9.97 Å². The maximum atomic E-state index is 10.5. The maximum absolute atomic E-state index is 10.5. The van der Waals surface area contributed by atoms with Gasteiger partial charge in [-0.05, 0) is 62.2 Å². The number of hydrogen-bond acceptors (Lipinski definition) is 3. The first-order chi connectivity index (χ1) is 10.8. The average molecular weight is 332 g/mol. The van der Waals surface area contributed by atoms with Crippen molar-refractivity contribution in [2.75, 3.05) is 0 Å². The second-order valence-corrected chi connectivity index (χ2v) is 12.8. The van der Waals surface area contributed by atoms with Crippen LogP contribution in [0.5, 0.6) is 0 Å². The van der Waals surface area contributed by atoms with Crippen molar-refractivity contribution >= 4 is 19.4 Å². The zero-order valence-corrected chi connectivity index (χ0v) is 15.8. The van der Waals surface area contributed by atoms with Gasteiger partial charge in [0.05, 0.1) is 0 Å². The highest BCUT2D eigenvalue weighted by molar-refractivity contribution is 6.72. The monoisotopic (exact) mass is 331 g/mol. The predicted molar refractivity (Wildman–Crippen MR) is 96.9 cm³/mol. The Morgan fingerprint density at radius 3 is 2.61 bits per heavy atom. The van der Waals surface area contributed by atoms with Crippen LogP contribution in [0.2, 0.25) is 18.1 Å². The fraction of sp³-hybridized carbons (Fsp3) is 0.667. The minimum atomic E-state index is -2.10. The van der Waals surface area contributed by atoms with Gasteiger partial charge in [0.25, 0.3) is 0 Å². The molecular weight excluding hydrogens is 302 g/mol. The summed E-state index contributed by atoms with van der Waals surface area (Å²) in [6.45, 7) is 8.65. The zero-order chi connectivity index (χ0) is 16.7. The Bertz CT molecular complexity index is 666. The minimum Gasteiger partial charge on any atom is -0.432 e. The van der Waals surface area contributed by atoms with Crippen molar-refractivity contribution < 1.29 is 4.80 Å². The largest absolute Gasteiger partial charge is 0.432 e. The summed E-state index contributed by atoms with van der Waals surface area (Å²) in [5.41, 5.74) is 1.06. The molecule has 1 aliphatic carbocycles. The number of hydrogen-bond donors (Lipinski definition) is 1. The molecule has 5 heteroatoms. The Hall–Kier alpha value is -1.20. The third kappa shape index (κ3) is 3.36. The van der Waals surface area contributed by atoms with Crippen molar-refractivity contribution in [1.29, 1.82) is 0 Å². The zero-order valence-electron chi connectivity index (χ0n) is 14.8. The molecule has 0 spiro atoms. The lowest BCUT2D eigenvalue weighted by atomic mass is 9.81. The van der Waals surface area contributed by atoms with Gasteiger partial charge in [-0.15, -0.1) is 0 Å². The quantitative estimate of drug-likeness (QED) is 0.837. The van der Waals surface area contributed by atoms with Gasteiger partial charge in [-0.2, -0.15) is 0 Å². The van der Waals surface area contributed by atoms with E-state index in [0.717, 1.165) is 23.4 Å². The molecule has 0 aromatic carbocycles. The van der Waals surface area contributed by atoms with E-state index in [9.17, 15) is 4.80 Å². The smallest absolute Gasteiger partial charge is 0.188 e. The first-order valence-corrected chi connectivity index (χ1v) is 11.7. The molecule has 1 saturated carbocycles. The Balaban J connectivity index is 1.65. The lowest BCUT2D eigenvalue weighted by Gasteiger charge is -2.40. The van der Waals surface area contributed by atoms with Crippen LogP contribution in [-0.2, 0) is 0 Å². The van der Waals surface area contributed by atoms with Gasteiger partial charge in [-0.3, -0.25) is 0 Å². The molecule has 3 rings (SSSR count). The van der Waals surface area contributed by atoms with Crippen molar-refractivity contribution in [3.8, 4) is 0 Å². The van der Waals surface area contributed by atoms with E-state index in [1.807, 2.05) is 6.20 Å². The van der Waals surface area contributed by atoms with Gasteiger partial charge in [0, 0.05) is 23.8 Å². The van der Waals surface area contributed by atoms with Gasteiger partial charge >= 0.3 is 0 Å². The predicted octanol–water partition coefficient (Wildman–Crippen LogP) is 4.53. The molecule has 2 aromatic heterocycles. The molecule has 0 unspecified atom stereocenters. The third-order valence-corrected chi connectivity index (χ3v) is 9.56. The lowest BCUT2D eigenvalue weighted by Crippen LogP contribution is -2.40. The van der Waals surface area contributed by atoms with Crippen LogP contribution < -0.4 is 0 Å². The van der Waals surface area contributed by atoms with Crippen LogP contribution in [0.3, 0.4) is 0 Å². The Labute approximate surface area is 140 Å². The molecular formula is C18H29N3OSi. The summed E-state index contributed by atoms with van der Waals surface area (Å²) in [7, 11) is -2.10. The highest BCUT2D eigenvalue weighted by Gasteiger charge is 2.40. The van der Waals surface area contributed by atoms with E-state index in [-0.39, 0.29) is 5.04 Å². The van der Waals surface area contributed by atoms with E-state index in [1.54, 1.807) is 6.33 Å². The van der Waals surface area contributed by atoms with Crippen molar-refractivity contribution in [3.63, 3.8) is 0 Å². The van der Waals surface area contributed by atoms with Crippen LogP contribution in [0, 0.1) is 5.92 Å². The molecule has 23 heavy (non-hydrogen) atoms. The molecule has 1 fully saturated rings. The average Bonchev–Trinajstić information content (AvgIpc) is 2.90. The molecule has 0 radical (unpaired) electrons. The van der Waals surface area contributed by atoms with Crippen LogP contribution in [0.15, 0.2) is 24.8 Å². The number of rotatable bonds is 4. The molecule has 2 heterocycles. The van der Waals surface area contributed by atoms with Gasteiger partial charge in [-0.1, -0.05) is 13.8 Å². The molecule has 0 saturated heterocycles. The molecule has 0 atom stereocenters. The fourth-order valence-electron chi connectivity index (χ4n) is 3.79. The SMILES string of the molecule is CC(C)(C[C@H]1CC[C@H](n2ccc3cncnc32)CC1)[Si](C)(C)O. The van der Waals surface area contributed by atoms with Gasteiger partial charge in [0.15, 0.2) is 8.32 Å². The first kappa shape index (κ1) is 16.6. The van der Waals surface area contributed by atoms with E-state index >= 15 is 0 Å². The molecule has 0 bridgehead atoms. The summed E-state index contributed by atoms with van der Waals surface area (Å²) in [5.74, 6) is 0.747. The summed E-state index contributed by atoms with van der Waals surface area (Å²) in [6.07, 6.45) is 11.8. The van der Waals surface area contributed by atoms with E-state index in [4.69, 9.17) is 0 Å². The van der Waals surface area contributed by atoms with Crippen LogP contribution in [0.4, 0.5) is 0 Å². The van der Waals surface area contributed by atoms with Crippen molar-refractivity contribution in [2.45, 2.75) is 70.1 Å². The molecule has 1 aliphatic rings. The minimum absolute atomic E-state index is 0.0951. The summed E-state index contributed by atoms with van der Waals surface area (Å²) >= 11 is 0. The maximum Gasteiger partial charge on any atom is 0.188 e. The number of nitrogens with zero attached hydrogens (tertiary/aromatic N) is 3. The molecule has 1 N–H and O–H groups in total. The Morgan fingerprint density at radius 2 is 1.96 bits per heavy atom. The van der Waals surface area contributed by atoms with Crippen molar-refractivity contribution in [3.05, 3.63) is 24.8 Å². The van der Waals surface area contributed by atoms with Gasteiger partial charge < -0.3 is 9.36 Å². The highest BCUT2D eigenvalue weighted by atomic mass is 28.4. The highest BCUT2D eigenvalue weighted by Crippen LogP contribution is 2.46. The second kappa shape index (κ2) is 6.02. The second-order valence-electron chi connectivity index (χ2n) is 8.35. The normalized spacial score (nSPS) is 23.3. The topological polar surface area (TPSA) is 50.9 Å². The van der Waals surface area contributed by atoms with E-state index in [1.165, 1.54) is 25.7 Å². The van der Waals surface area contributed by atoms with Gasteiger partial charge in [0.2, 0.25) is 0 Å². The first-order valence-electron chi connectivity index (χ1n) is 8.77. The van der Waals surface area contributed by atoms with Crippen LogP contribution >= 0.6 is 0 Å². The number of aromatic nitrogens is 3. The summed E-state index contributed by atoms with van der Waals surface area (Å²) in [5, 5.41) is 1.22.